The highest BCUT2D eigenvalue weighted by Gasteiger charge is 2.20. The fraction of sp³-hybridized carbons (Fsp3) is 0.250. The molecule has 0 aromatic carbocycles. The van der Waals surface area contributed by atoms with Gasteiger partial charge in [0.15, 0.2) is 0 Å². The average molecular weight is 345 g/mol. The van der Waals surface area contributed by atoms with Crippen molar-refractivity contribution in [2.75, 3.05) is 5.32 Å². The van der Waals surface area contributed by atoms with Crippen LogP contribution in [0.2, 0.25) is 0 Å². The minimum atomic E-state index is -0.0603. The molecule has 0 radical (unpaired) electrons. The van der Waals surface area contributed by atoms with Crippen LogP contribution in [0.15, 0.2) is 47.3 Å². The van der Waals surface area contributed by atoms with Gasteiger partial charge < -0.3 is 5.32 Å². The van der Waals surface area contributed by atoms with Crippen LogP contribution in [0.5, 0.6) is 0 Å². The van der Waals surface area contributed by atoms with Crippen LogP contribution in [0.25, 0.3) is 16.9 Å². The summed E-state index contributed by atoms with van der Waals surface area (Å²) in [6.45, 7) is 6.41. The van der Waals surface area contributed by atoms with Crippen molar-refractivity contribution in [1.82, 2.24) is 14.4 Å². The van der Waals surface area contributed by atoms with Gasteiger partial charge in [-0.15, -0.1) is 0 Å². The SMILES string of the molecule is CC(C)(C)Nc1c(-c2cccnc2Br)nc2ccccn12. The van der Waals surface area contributed by atoms with Crippen molar-refractivity contribution in [2.45, 2.75) is 26.3 Å². The van der Waals surface area contributed by atoms with E-state index in [0.29, 0.717) is 0 Å². The van der Waals surface area contributed by atoms with Crippen LogP contribution in [0.4, 0.5) is 5.82 Å². The van der Waals surface area contributed by atoms with Gasteiger partial charge in [0, 0.05) is 23.5 Å². The molecule has 0 aliphatic carbocycles. The summed E-state index contributed by atoms with van der Waals surface area (Å²) in [6, 6.07) is 9.94. The minimum absolute atomic E-state index is 0.0603. The van der Waals surface area contributed by atoms with E-state index in [2.05, 4.69) is 51.4 Å². The van der Waals surface area contributed by atoms with Crippen LogP contribution >= 0.6 is 15.9 Å². The lowest BCUT2D eigenvalue weighted by molar-refractivity contribution is 0.629. The van der Waals surface area contributed by atoms with E-state index in [1.807, 2.05) is 36.5 Å². The van der Waals surface area contributed by atoms with E-state index < -0.39 is 0 Å². The molecule has 3 aromatic heterocycles. The Balaban J connectivity index is 2.27. The van der Waals surface area contributed by atoms with Crippen molar-refractivity contribution in [3.8, 4) is 11.3 Å². The molecule has 108 valence electrons. The van der Waals surface area contributed by atoms with E-state index in [0.717, 1.165) is 27.3 Å². The van der Waals surface area contributed by atoms with Gasteiger partial charge >= 0.3 is 0 Å². The summed E-state index contributed by atoms with van der Waals surface area (Å²) in [5, 5.41) is 3.55. The minimum Gasteiger partial charge on any atom is -0.365 e. The third-order valence-electron chi connectivity index (χ3n) is 3.04. The first-order valence-electron chi connectivity index (χ1n) is 6.82. The standard InChI is InChI=1S/C16H17BrN4/c1-16(2,3)20-15-13(11-7-6-9-18-14(11)17)19-12-8-4-5-10-21(12)15/h4-10,20H,1-3H3. The van der Waals surface area contributed by atoms with Gasteiger partial charge in [0.1, 0.15) is 21.8 Å². The van der Waals surface area contributed by atoms with Crippen molar-refractivity contribution < 1.29 is 0 Å². The second-order valence-electron chi connectivity index (χ2n) is 5.95. The van der Waals surface area contributed by atoms with Crippen molar-refractivity contribution in [1.29, 1.82) is 0 Å². The Hall–Kier alpha value is -1.88. The predicted octanol–water partition coefficient (Wildman–Crippen LogP) is 4.37. The molecule has 0 aliphatic heterocycles. The molecule has 3 aromatic rings. The molecular formula is C16H17BrN4. The first kappa shape index (κ1) is 14.1. The van der Waals surface area contributed by atoms with E-state index >= 15 is 0 Å². The van der Waals surface area contributed by atoms with Gasteiger partial charge in [0.05, 0.1) is 0 Å². The van der Waals surface area contributed by atoms with E-state index in [-0.39, 0.29) is 5.54 Å². The lowest BCUT2D eigenvalue weighted by Gasteiger charge is -2.22. The monoisotopic (exact) mass is 344 g/mol. The fourth-order valence-electron chi connectivity index (χ4n) is 2.22. The largest absolute Gasteiger partial charge is 0.365 e. The normalized spacial score (nSPS) is 11.8. The van der Waals surface area contributed by atoms with Gasteiger partial charge in [0.2, 0.25) is 0 Å². The number of pyridine rings is 2. The molecule has 21 heavy (non-hydrogen) atoms. The average Bonchev–Trinajstić information content (AvgIpc) is 2.76. The summed E-state index contributed by atoms with van der Waals surface area (Å²) in [5.74, 6) is 0.979. The molecule has 3 heterocycles. The topological polar surface area (TPSA) is 42.2 Å². The fourth-order valence-corrected chi connectivity index (χ4v) is 2.66. The zero-order chi connectivity index (χ0) is 15.0. The molecule has 0 saturated heterocycles. The number of fused-ring (bicyclic) bond motifs is 1. The highest BCUT2D eigenvalue weighted by atomic mass is 79.9. The summed E-state index contributed by atoms with van der Waals surface area (Å²) in [6.07, 6.45) is 3.78. The van der Waals surface area contributed by atoms with E-state index in [4.69, 9.17) is 4.98 Å². The number of nitrogens with zero attached hydrogens (tertiary/aromatic N) is 3. The molecule has 1 N–H and O–H groups in total. The first-order valence-corrected chi connectivity index (χ1v) is 7.61. The molecule has 5 heteroatoms. The lowest BCUT2D eigenvalue weighted by atomic mass is 10.1. The Bertz CT molecular complexity index is 786. The number of aromatic nitrogens is 3. The van der Waals surface area contributed by atoms with Gasteiger partial charge in [-0.2, -0.15) is 0 Å². The molecule has 0 bridgehead atoms. The lowest BCUT2D eigenvalue weighted by Crippen LogP contribution is -2.27. The second-order valence-corrected chi connectivity index (χ2v) is 6.71. The Morgan fingerprint density at radius 1 is 1.14 bits per heavy atom. The van der Waals surface area contributed by atoms with Gasteiger partial charge in [0.25, 0.3) is 0 Å². The molecule has 0 atom stereocenters. The number of rotatable bonds is 2. The van der Waals surface area contributed by atoms with Crippen molar-refractivity contribution in [3.05, 3.63) is 47.3 Å². The summed E-state index contributed by atoms with van der Waals surface area (Å²) in [4.78, 5) is 9.06. The van der Waals surface area contributed by atoms with Gasteiger partial charge in [-0.1, -0.05) is 6.07 Å². The maximum atomic E-state index is 4.76. The molecule has 0 amide bonds. The Kier molecular flexibility index (Phi) is 3.45. The van der Waals surface area contributed by atoms with Crippen molar-refractivity contribution in [2.24, 2.45) is 0 Å². The van der Waals surface area contributed by atoms with Crippen LogP contribution in [0.1, 0.15) is 20.8 Å². The molecular weight excluding hydrogens is 328 g/mol. The Labute approximate surface area is 132 Å². The molecule has 0 fully saturated rings. The smallest absolute Gasteiger partial charge is 0.139 e. The quantitative estimate of drug-likeness (QED) is 0.702. The maximum Gasteiger partial charge on any atom is 0.139 e. The molecule has 4 nitrogen and oxygen atoms in total. The molecule has 0 spiro atoms. The van der Waals surface area contributed by atoms with E-state index in [9.17, 15) is 0 Å². The van der Waals surface area contributed by atoms with Crippen molar-refractivity contribution >= 4 is 27.4 Å². The van der Waals surface area contributed by atoms with E-state index in [1.165, 1.54) is 0 Å². The van der Waals surface area contributed by atoms with Gasteiger partial charge in [-0.05, 0) is 61.0 Å². The Morgan fingerprint density at radius 3 is 2.67 bits per heavy atom. The van der Waals surface area contributed by atoms with E-state index in [1.54, 1.807) is 6.20 Å². The summed E-state index contributed by atoms with van der Waals surface area (Å²) >= 11 is 3.52. The van der Waals surface area contributed by atoms with Crippen LogP contribution in [-0.2, 0) is 0 Å². The maximum absolute atomic E-state index is 4.76. The number of halogens is 1. The first-order chi connectivity index (χ1) is 9.96. The summed E-state index contributed by atoms with van der Waals surface area (Å²) in [5.41, 5.74) is 2.73. The summed E-state index contributed by atoms with van der Waals surface area (Å²) < 4.78 is 2.87. The van der Waals surface area contributed by atoms with Crippen LogP contribution in [0, 0.1) is 0 Å². The highest BCUT2D eigenvalue weighted by molar-refractivity contribution is 9.10. The zero-order valence-electron chi connectivity index (χ0n) is 12.3. The highest BCUT2D eigenvalue weighted by Crippen LogP contribution is 2.33. The van der Waals surface area contributed by atoms with Crippen LogP contribution in [0.3, 0.4) is 0 Å². The zero-order valence-corrected chi connectivity index (χ0v) is 13.8. The third kappa shape index (κ3) is 2.78. The number of nitrogens with one attached hydrogen (secondary N) is 1. The molecule has 0 saturated carbocycles. The molecule has 0 unspecified atom stereocenters. The van der Waals surface area contributed by atoms with Crippen LogP contribution in [-0.4, -0.2) is 19.9 Å². The van der Waals surface area contributed by atoms with Crippen molar-refractivity contribution in [3.63, 3.8) is 0 Å². The molecule has 0 aliphatic rings. The molecule has 3 rings (SSSR count). The Morgan fingerprint density at radius 2 is 1.95 bits per heavy atom. The van der Waals surface area contributed by atoms with Crippen LogP contribution < -0.4 is 5.32 Å². The number of anilines is 1. The second kappa shape index (κ2) is 5.15. The van der Waals surface area contributed by atoms with Gasteiger partial charge in [-0.3, -0.25) is 4.40 Å². The van der Waals surface area contributed by atoms with Gasteiger partial charge in [-0.25, -0.2) is 9.97 Å². The summed E-state index contributed by atoms with van der Waals surface area (Å²) in [7, 11) is 0. The number of imidazole rings is 1. The third-order valence-corrected chi connectivity index (χ3v) is 3.67. The number of hydrogen-bond acceptors (Lipinski definition) is 3. The predicted molar refractivity (Wildman–Crippen MR) is 89.5 cm³/mol. The number of hydrogen-bond donors (Lipinski definition) is 1.